The zero-order chi connectivity index (χ0) is 27.5. The summed E-state index contributed by atoms with van der Waals surface area (Å²) in [6.45, 7) is 8.36. The number of carbonyl (C=O) groups excluding carboxylic acids is 1. The number of aromatic nitrogens is 2. The Kier molecular flexibility index (Phi) is 7.92. The van der Waals surface area contributed by atoms with Crippen molar-refractivity contribution in [2.45, 2.75) is 59.1 Å². The number of anilines is 1. The maximum Gasteiger partial charge on any atom is 0.339 e. The number of ether oxygens (including phenoxy) is 1. The van der Waals surface area contributed by atoms with Crippen LogP contribution in [0.3, 0.4) is 0 Å². The number of benzene rings is 3. The molecule has 1 N–H and O–H groups in total. The van der Waals surface area contributed by atoms with E-state index in [1.165, 1.54) is 0 Å². The summed E-state index contributed by atoms with van der Waals surface area (Å²) in [5.41, 5.74) is 5.04. The van der Waals surface area contributed by atoms with Crippen LogP contribution in [-0.4, -0.2) is 35.8 Å². The smallest absolute Gasteiger partial charge is 0.339 e. The molecular weight excluding hydrogens is 498 g/mol. The number of nitrogens with one attached hydrogen (secondary N) is 1. The van der Waals surface area contributed by atoms with E-state index in [4.69, 9.17) is 9.72 Å². The Morgan fingerprint density at radius 3 is 2.39 bits per heavy atom. The number of hydrogen-bond donors (Lipinski definition) is 1. The Labute approximate surface area is 224 Å². The number of fused-ring (bicyclic) bond motifs is 1. The van der Waals surface area contributed by atoms with Gasteiger partial charge in [0.25, 0.3) is 0 Å². The fourth-order valence-electron chi connectivity index (χ4n) is 4.38. The van der Waals surface area contributed by atoms with Crippen LogP contribution < -0.4 is 4.72 Å². The molecule has 200 valence electrons. The van der Waals surface area contributed by atoms with Gasteiger partial charge >= 0.3 is 5.97 Å². The van der Waals surface area contributed by atoms with Crippen LogP contribution >= 0.6 is 0 Å². The van der Waals surface area contributed by atoms with Crippen molar-refractivity contribution in [2.24, 2.45) is 0 Å². The van der Waals surface area contributed by atoms with Gasteiger partial charge < -0.3 is 9.30 Å². The Hall–Kier alpha value is -3.65. The third kappa shape index (κ3) is 6.81. The molecule has 0 aliphatic rings. The average molecular weight is 534 g/mol. The summed E-state index contributed by atoms with van der Waals surface area (Å²) in [5.74, 6) is 0.630. The van der Waals surface area contributed by atoms with Gasteiger partial charge in [0.1, 0.15) is 11.4 Å². The van der Waals surface area contributed by atoms with Crippen LogP contribution in [0.15, 0.2) is 66.7 Å². The van der Waals surface area contributed by atoms with E-state index in [2.05, 4.69) is 28.3 Å². The number of carbonyl (C=O) groups is 1. The molecular formula is C30H35N3O4S. The first-order valence-corrected chi connectivity index (χ1v) is 14.7. The highest BCUT2D eigenvalue weighted by molar-refractivity contribution is 7.92. The quantitative estimate of drug-likeness (QED) is 0.251. The summed E-state index contributed by atoms with van der Waals surface area (Å²) in [5, 5.41) is 0. The molecule has 4 rings (SSSR count). The summed E-state index contributed by atoms with van der Waals surface area (Å²) < 4.78 is 33.7. The van der Waals surface area contributed by atoms with Crippen LogP contribution in [0.5, 0.6) is 0 Å². The minimum atomic E-state index is -3.37. The molecule has 0 amide bonds. The van der Waals surface area contributed by atoms with Gasteiger partial charge in [-0.3, -0.25) is 4.72 Å². The van der Waals surface area contributed by atoms with Crippen LogP contribution in [-0.2, 0) is 27.7 Å². The van der Waals surface area contributed by atoms with Crippen molar-refractivity contribution < 1.29 is 17.9 Å². The summed E-state index contributed by atoms with van der Waals surface area (Å²) in [6.07, 6.45) is 4.04. The fraction of sp³-hybridized carbons (Fsp3) is 0.333. The SMILES string of the molecule is CCCCc1nc2cc(NS(C)(=O)=O)ccc2n1Cc1ccc(-c2ccccc2C(=O)OC(C)(C)C)cc1. The van der Waals surface area contributed by atoms with Crippen LogP contribution in [0.25, 0.3) is 22.2 Å². The van der Waals surface area contributed by atoms with E-state index in [1.54, 1.807) is 18.2 Å². The molecule has 0 saturated heterocycles. The average Bonchev–Trinajstić information content (AvgIpc) is 3.17. The van der Waals surface area contributed by atoms with Crippen LogP contribution in [0.1, 0.15) is 62.3 Å². The van der Waals surface area contributed by atoms with Crippen LogP contribution in [0.4, 0.5) is 5.69 Å². The number of hydrogen-bond acceptors (Lipinski definition) is 5. The number of nitrogens with zero attached hydrogens (tertiary/aromatic N) is 2. The second-order valence-electron chi connectivity index (χ2n) is 10.5. The molecule has 0 bridgehead atoms. The highest BCUT2D eigenvalue weighted by atomic mass is 32.2. The van der Waals surface area contributed by atoms with Gasteiger partial charge in [-0.2, -0.15) is 0 Å². The lowest BCUT2D eigenvalue weighted by atomic mass is 9.98. The van der Waals surface area contributed by atoms with E-state index in [0.29, 0.717) is 17.8 Å². The maximum absolute atomic E-state index is 12.8. The van der Waals surface area contributed by atoms with Gasteiger partial charge in [0.2, 0.25) is 10.0 Å². The maximum atomic E-state index is 12.8. The van der Waals surface area contributed by atoms with E-state index in [1.807, 2.05) is 57.2 Å². The van der Waals surface area contributed by atoms with Crippen molar-refractivity contribution >= 4 is 32.7 Å². The second-order valence-corrected chi connectivity index (χ2v) is 12.3. The second kappa shape index (κ2) is 11.0. The molecule has 4 aromatic rings. The predicted octanol–water partition coefficient (Wildman–Crippen LogP) is 6.42. The lowest BCUT2D eigenvalue weighted by molar-refractivity contribution is 0.00704. The summed E-state index contributed by atoms with van der Waals surface area (Å²) in [7, 11) is -3.37. The third-order valence-electron chi connectivity index (χ3n) is 6.04. The molecule has 1 aromatic heterocycles. The molecule has 0 spiro atoms. The first-order chi connectivity index (χ1) is 17.9. The molecule has 8 heteroatoms. The van der Waals surface area contributed by atoms with E-state index in [9.17, 15) is 13.2 Å². The minimum Gasteiger partial charge on any atom is -0.456 e. The zero-order valence-corrected chi connectivity index (χ0v) is 23.4. The van der Waals surface area contributed by atoms with Gasteiger partial charge in [0.15, 0.2) is 0 Å². The topological polar surface area (TPSA) is 90.3 Å². The normalized spacial score (nSPS) is 12.0. The van der Waals surface area contributed by atoms with E-state index in [0.717, 1.165) is 59.1 Å². The number of unbranched alkanes of at least 4 members (excludes halogenated alkanes) is 1. The third-order valence-corrected chi connectivity index (χ3v) is 6.64. The number of rotatable bonds is 9. The van der Waals surface area contributed by atoms with Gasteiger partial charge in [0, 0.05) is 13.0 Å². The lowest BCUT2D eigenvalue weighted by Crippen LogP contribution is -2.24. The summed E-state index contributed by atoms with van der Waals surface area (Å²) in [6, 6.07) is 21.1. The molecule has 7 nitrogen and oxygen atoms in total. The predicted molar refractivity (Wildman–Crippen MR) is 153 cm³/mol. The molecule has 38 heavy (non-hydrogen) atoms. The van der Waals surface area contributed by atoms with E-state index in [-0.39, 0.29) is 5.97 Å². The molecule has 0 saturated carbocycles. The number of sulfonamides is 1. The Morgan fingerprint density at radius 1 is 1.03 bits per heavy atom. The van der Waals surface area contributed by atoms with Gasteiger partial charge in [-0.1, -0.05) is 55.8 Å². The monoisotopic (exact) mass is 533 g/mol. The van der Waals surface area contributed by atoms with Gasteiger partial charge in [0.05, 0.1) is 28.5 Å². The van der Waals surface area contributed by atoms with Crippen molar-refractivity contribution in [3.05, 3.63) is 83.7 Å². The molecule has 0 fully saturated rings. The standard InChI is InChI=1S/C30H35N3O4S/c1-6-7-12-28-31-26-19-23(32-38(5,35)36)17-18-27(26)33(28)20-21-13-15-22(16-14-21)24-10-8-9-11-25(24)29(34)37-30(2,3)4/h8-11,13-19,32H,6-7,12,20H2,1-5H3. The minimum absolute atomic E-state index is 0.340. The van der Waals surface area contributed by atoms with E-state index < -0.39 is 15.6 Å². The number of esters is 1. The largest absolute Gasteiger partial charge is 0.456 e. The van der Waals surface area contributed by atoms with Crippen molar-refractivity contribution in [1.29, 1.82) is 0 Å². The Balaban J connectivity index is 1.64. The highest BCUT2D eigenvalue weighted by Crippen LogP contribution is 2.28. The Morgan fingerprint density at radius 2 is 1.74 bits per heavy atom. The van der Waals surface area contributed by atoms with E-state index >= 15 is 0 Å². The van der Waals surface area contributed by atoms with Gasteiger partial charge in [-0.15, -0.1) is 0 Å². The molecule has 0 aliphatic carbocycles. The van der Waals surface area contributed by atoms with Crippen molar-refractivity contribution in [1.82, 2.24) is 9.55 Å². The van der Waals surface area contributed by atoms with Crippen molar-refractivity contribution in [2.75, 3.05) is 11.0 Å². The fourth-order valence-corrected chi connectivity index (χ4v) is 4.93. The molecule has 0 unspecified atom stereocenters. The molecule has 0 radical (unpaired) electrons. The zero-order valence-electron chi connectivity index (χ0n) is 22.6. The van der Waals surface area contributed by atoms with Gasteiger partial charge in [-0.05, 0) is 68.1 Å². The van der Waals surface area contributed by atoms with Crippen molar-refractivity contribution in [3.8, 4) is 11.1 Å². The molecule has 3 aromatic carbocycles. The summed E-state index contributed by atoms with van der Waals surface area (Å²) in [4.78, 5) is 17.7. The lowest BCUT2D eigenvalue weighted by Gasteiger charge is -2.20. The molecule has 1 heterocycles. The van der Waals surface area contributed by atoms with Crippen LogP contribution in [0, 0.1) is 0 Å². The Bertz CT molecular complexity index is 1550. The van der Waals surface area contributed by atoms with Crippen molar-refractivity contribution in [3.63, 3.8) is 0 Å². The highest BCUT2D eigenvalue weighted by Gasteiger charge is 2.21. The summed E-state index contributed by atoms with van der Waals surface area (Å²) >= 11 is 0. The number of imidazole rings is 1. The number of aryl methyl sites for hydroxylation is 1. The molecule has 0 atom stereocenters. The van der Waals surface area contributed by atoms with Crippen LogP contribution in [0.2, 0.25) is 0 Å². The first-order valence-electron chi connectivity index (χ1n) is 12.8. The van der Waals surface area contributed by atoms with Gasteiger partial charge in [-0.25, -0.2) is 18.2 Å². The first kappa shape index (κ1) is 27.4. The molecule has 0 aliphatic heterocycles.